The molecular weight excluding hydrogens is 451 g/mol. The van der Waals surface area contributed by atoms with E-state index >= 15 is 0 Å². The van der Waals surface area contributed by atoms with Crippen LogP contribution in [0.15, 0.2) is 65.1 Å². The molecule has 6 nitrogen and oxygen atoms in total. The van der Waals surface area contributed by atoms with Gasteiger partial charge in [0.15, 0.2) is 0 Å². The molecule has 3 aromatic carbocycles. The Morgan fingerprint density at radius 2 is 1.79 bits per heavy atom. The Kier molecular flexibility index (Phi) is 6.27. The minimum atomic E-state index is -2.75. The Hall–Kier alpha value is -4.27. The van der Waals surface area contributed by atoms with Crippen LogP contribution >= 0.6 is 0 Å². The van der Waals surface area contributed by atoms with Gasteiger partial charge in [-0.1, -0.05) is 12.1 Å². The standard InChI is InChI=1S/C25H18F3NO5/c1-29-24(30)22-18-10-17(14-3-2-4-15(9-14)25(31)32)19(33-12-21(27)28)11-20(18)34-23(22)13-5-7-16(26)8-6-13/h2-11,21H,12H2,1H3,(H,29,30)(H,31,32). The number of ether oxygens (including phenoxy) is 1. The fourth-order valence-corrected chi connectivity index (χ4v) is 3.60. The van der Waals surface area contributed by atoms with Crippen LogP contribution in [-0.4, -0.2) is 37.1 Å². The molecule has 0 saturated carbocycles. The van der Waals surface area contributed by atoms with Crippen molar-refractivity contribution in [1.29, 1.82) is 0 Å². The van der Waals surface area contributed by atoms with Gasteiger partial charge in [-0.2, -0.15) is 0 Å². The highest BCUT2D eigenvalue weighted by Crippen LogP contribution is 2.41. The number of hydrogen-bond donors (Lipinski definition) is 2. The zero-order valence-electron chi connectivity index (χ0n) is 17.8. The zero-order chi connectivity index (χ0) is 24.4. The van der Waals surface area contributed by atoms with Crippen LogP contribution in [0.4, 0.5) is 13.2 Å². The molecule has 0 atom stereocenters. The van der Waals surface area contributed by atoms with Gasteiger partial charge in [0.05, 0.1) is 11.1 Å². The Balaban J connectivity index is 1.99. The van der Waals surface area contributed by atoms with Crippen LogP contribution < -0.4 is 10.1 Å². The Bertz CT molecular complexity index is 1380. The van der Waals surface area contributed by atoms with Gasteiger partial charge >= 0.3 is 5.97 Å². The number of fused-ring (bicyclic) bond motifs is 1. The van der Waals surface area contributed by atoms with E-state index in [4.69, 9.17) is 9.15 Å². The number of aromatic carboxylic acids is 1. The highest BCUT2D eigenvalue weighted by molar-refractivity contribution is 6.12. The van der Waals surface area contributed by atoms with E-state index < -0.39 is 30.7 Å². The third kappa shape index (κ3) is 4.45. The lowest BCUT2D eigenvalue weighted by atomic mass is 9.98. The van der Waals surface area contributed by atoms with Crippen molar-refractivity contribution >= 4 is 22.8 Å². The van der Waals surface area contributed by atoms with E-state index in [0.717, 1.165) is 0 Å². The molecule has 0 aliphatic heterocycles. The molecule has 1 amide bonds. The minimum Gasteiger partial charge on any atom is -0.487 e. The lowest BCUT2D eigenvalue weighted by Crippen LogP contribution is -2.18. The Labute approximate surface area is 191 Å². The molecule has 0 radical (unpaired) electrons. The summed E-state index contributed by atoms with van der Waals surface area (Å²) in [5.41, 5.74) is 1.44. The van der Waals surface area contributed by atoms with Gasteiger partial charge < -0.3 is 19.6 Å². The van der Waals surface area contributed by atoms with E-state index in [0.29, 0.717) is 22.1 Å². The maximum atomic E-state index is 13.4. The van der Waals surface area contributed by atoms with Gasteiger partial charge in [0.2, 0.25) is 0 Å². The largest absolute Gasteiger partial charge is 0.487 e. The number of nitrogens with one attached hydrogen (secondary N) is 1. The number of rotatable bonds is 7. The van der Waals surface area contributed by atoms with Crippen LogP contribution in [-0.2, 0) is 0 Å². The van der Waals surface area contributed by atoms with Crippen molar-refractivity contribution in [3.8, 4) is 28.2 Å². The summed E-state index contributed by atoms with van der Waals surface area (Å²) >= 11 is 0. The van der Waals surface area contributed by atoms with Crippen LogP contribution in [0.2, 0.25) is 0 Å². The summed E-state index contributed by atoms with van der Waals surface area (Å²) in [5, 5.41) is 12.2. The summed E-state index contributed by atoms with van der Waals surface area (Å²) in [7, 11) is 1.44. The third-order valence-corrected chi connectivity index (χ3v) is 5.14. The number of carboxylic acid groups (broad SMARTS) is 1. The smallest absolute Gasteiger partial charge is 0.335 e. The molecule has 1 aromatic heterocycles. The van der Waals surface area contributed by atoms with Crippen molar-refractivity contribution in [2.45, 2.75) is 6.43 Å². The van der Waals surface area contributed by atoms with Crippen molar-refractivity contribution < 1.29 is 37.0 Å². The number of amides is 1. The fourth-order valence-electron chi connectivity index (χ4n) is 3.60. The quantitative estimate of drug-likeness (QED) is 0.367. The Morgan fingerprint density at radius 1 is 1.06 bits per heavy atom. The summed E-state index contributed by atoms with van der Waals surface area (Å²) in [5.74, 6) is -1.93. The monoisotopic (exact) mass is 469 g/mol. The van der Waals surface area contributed by atoms with Crippen LogP contribution in [0, 0.1) is 5.82 Å². The second-order valence-corrected chi connectivity index (χ2v) is 7.32. The maximum Gasteiger partial charge on any atom is 0.335 e. The first-order chi connectivity index (χ1) is 16.3. The first-order valence-corrected chi connectivity index (χ1v) is 10.1. The fraction of sp³-hybridized carbons (Fsp3) is 0.120. The first kappa shape index (κ1) is 22.9. The van der Waals surface area contributed by atoms with Gasteiger partial charge in [0, 0.05) is 29.6 Å². The van der Waals surface area contributed by atoms with E-state index in [9.17, 15) is 27.9 Å². The highest BCUT2D eigenvalue weighted by atomic mass is 19.3. The molecule has 0 aliphatic carbocycles. The van der Waals surface area contributed by atoms with Crippen LogP contribution in [0.3, 0.4) is 0 Å². The van der Waals surface area contributed by atoms with Gasteiger partial charge in [-0.25, -0.2) is 18.0 Å². The number of furan rings is 1. The lowest BCUT2D eigenvalue weighted by Gasteiger charge is -2.12. The molecule has 34 heavy (non-hydrogen) atoms. The van der Waals surface area contributed by atoms with Gasteiger partial charge in [0.1, 0.15) is 29.5 Å². The predicted molar refractivity (Wildman–Crippen MR) is 119 cm³/mol. The predicted octanol–water partition coefficient (Wildman–Crippen LogP) is 5.61. The molecule has 0 unspecified atom stereocenters. The molecular formula is C25H18F3NO5. The molecule has 2 N–H and O–H groups in total. The van der Waals surface area contributed by atoms with E-state index in [1.165, 1.54) is 61.6 Å². The number of hydrogen-bond acceptors (Lipinski definition) is 4. The van der Waals surface area contributed by atoms with Gasteiger partial charge in [-0.15, -0.1) is 0 Å². The summed E-state index contributed by atoms with van der Waals surface area (Å²) in [6.07, 6.45) is -2.75. The average Bonchev–Trinajstić information content (AvgIpc) is 3.20. The van der Waals surface area contributed by atoms with Crippen LogP contribution in [0.1, 0.15) is 20.7 Å². The van der Waals surface area contributed by atoms with Crippen molar-refractivity contribution in [3.63, 3.8) is 0 Å². The molecule has 174 valence electrons. The number of carbonyl (C=O) groups excluding carboxylic acids is 1. The SMILES string of the molecule is CNC(=O)c1c(-c2ccc(F)cc2)oc2cc(OCC(F)F)c(-c3cccc(C(=O)O)c3)cc12. The molecule has 1 heterocycles. The minimum absolute atomic E-state index is 0.0110. The third-order valence-electron chi connectivity index (χ3n) is 5.14. The zero-order valence-corrected chi connectivity index (χ0v) is 17.8. The van der Waals surface area contributed by atoms with E-state index in [-0.39, 0.29) is 28.2 Å². The number of halogens is 3. The van der Waals surface area contributed by atoms with E-state index in [1.54, 1.807) is 6.07 Å². The highest BCUT2D eigenvalue weighted by Gasteiger charge is 2.24. The lowest BCUT2D eigenvalue weighted by molar-refractivity contribution is 0.0696. The number of alkyl halides is 2. The van der Waals surface area contributed by atoms with Crippen LogP contribution in [0.25, 0.3) is 33.4 Å². The van der Waals surface area contributed by atoms with Crippen molar-refractivity contribution in [3.05, 3.63) is 77.6 Å². The Morgan fingerprint density at radius 3 is 2.44 bits per heavy atom. The number of benzene rings is 3. The summed E-state index contributed by atoms with van der Waals surface area (Å²) < 4.78 is 50.5. The van der Waals surface area contributed by atoms with Gasteiger partial charge in [-0.3, -0.25) is 4.79 Å². The molecule has 0 spiro atoms. The van der Waals surface area contributed by atoms with Crippen molar-refractivity contribution in [2.24, 2.45) is 0 Å². The molecule has 0 saturated heterocycles. The van der Waals surface area contributed by atoms with Gasteiger partial charge in [-0.05, 0) is 48.0 Å². The molecule has 0 aliphatic rings. The summed E-state index contributed by atoms with van der Waals surface area (Å²) in [6, 6.07) is 14.1. The van der Waals surface area contributed by atoms with E-state index in [1.807, 2.05) is 0 Å². The summed E-state index contributed by atoms with van der Waals surface area (Å²) in [6.45, 7) is -0.898. The second kappa shape index (κ2) is 9.30. The molecule has 0 bridgehead atoms. The summed E-state index contributed by atoms with van der Waals surface area (Å²) in [4.78, 5) is 24.2. The molecule has 4 rings (SSSR count). The maximum absolute atomic E-state index is 13.4. The van der Waals surface area contributed by atoms with Crippen molar-refractivity contribution in [1.82, 2.24) is 5.32 Å². The molecule has 9 heteroatoms. The van der Waals surface area contributed by atoms with E-state index in [2.05, 4.69) is 5.32 Å². The topological polar surface area (TPSA) is 88.8 Å². The van der Waals surface area contributed by atoms with Crippen molar-refractivity contribution in [2.75, 3.05) is 13.7 Å². The van der Waals surface area contributed by atoms with Crippen LogP contribution in [0.5, 0.6) is 5.75 Å². The normalized spacial score (nSPS) is 11.1. The van der Waals surface area contributed by atoms with Gasteiger partial charge in [0.25, 0.3) is 12.3 Å². The average molecular weight is 469 g/mol. The second-order valence-electron chi connectivity index (χ2n) is 7.32. The molecule has 0 fully saturated rings. The number of carboxylic acids is 1. The number of carbonyl (C=O) groups is 2. The molecule has 4 aromatic rings. The first-order valence-electron chi connectivity index (χ1n) is 10.1.